The molecule has 3 rings (SSSR count). The zero-order valence-electron chi connectivity index (χ0n) is 10.6. The summed E-state index contributed by atoms with van der Waals surface area (Å²) < 4.78 is 16.2. The fourth-order valence-corrected chi connectivity index (χ4v) is 2.04. The quantitative estimate of drug-likeness (QED) is 0.705. The van der Waals surface area contributed by atoms with E-state index < -0.39 is 0 Å². The van der Waals surface area contributed by atoms with Gasteiger partial charge < -0.3 is 13.6 Å². The van der Waals surface area contributed by atoms with Crippen molar-refractivity contribution in [3.63, 3.8) is 0 Å². The van der Waals surface area contributed by atoms with Gasteiger partial charge in [-0.2, -0.15) is 0 Å². The molecule has 0 saturated carbocycles. The molecule has 0 aliphatic carbocycles. The molecule has 0 amide bonds. The first-order valence-corrected chi connectivity index (χ1v) is 5.86. The minimum Gasteiger partial charge on any atom is -0.489 e. The molecule has 0 atom stereocenters. The minimum absolute atomic E-state index is 0.159. The molecule has 0 bridgehead atoms. The molecule has 0 saturated heterocycles. The molecular weight excluding hydrogens is 244 g/mol. The van der Waals surface area contributed by atoms with Crippen LogP contribution in [0.3, 0.4) is 0 Å². The molecule has 4 heteroatoms. The molecule has 2 heterocycles. The van der Waals surface area contributed by atoms with Crippen LogP contribution in [0.5, 0.6) is 5.75 Å². The maximum absolute atomic E-state index is 12.4. The zero-order chi connectivity index (χ0) is 13.4. The molecule has 0 fully saturated rings. The summed E-state index contributed by atoms with van der Waals surface area (Å²) in [5, 5.41) is 0.498. The summed E-state index contributed by atoms with van der Waals surface area (Å²) >= 11 is 0. The number of ether oxygens (including phenoxy) is 1. The highest BCUT2D eigenvalue weighted by Crippen LogP contribution is 2.31. The van der Waals surface area contributed by atoms with Crippen LogP contribution in [0.25, 0.3) is 22.5 Å². The molecule has 0 aliphatic rings. The van der Waals surface area contributed by atoms with Gasteiger partial charge in [0.25, 0.3) is 0 Å². The van der Waals surface area contributed by atoms with Crippen molar-refractivity contribution in [2.45, 2.75) is 6.92 Å². The van der Waals surface area contributed by atoms with Crippen LogP contribution in [0.4, 0.5) is 0 Å². The van der Waals surface area contributed by atoms with Crippen molar-refractivity contribution < 1.29 is 13.6 Å². The fraction of sp³-hybridized carbons (Fsp3) is 0.133. The number of furan rings is 1. The van der Waals surface area contributed by atoms with Crippen LogP contribution in [0.15, 0.2) is 50.2 Å². The molecule has 1 aromatic carbocycles. The van der Waals surface area contributed by atoms with Crippen LogP contribution < -0.4 is 10.2 Å². The summed E-state index contributed by atoms with van der Waals surface area (Å²) in [5.74, 6) is 0.944. The second-order valence-electron chi connectivity index (χ2n) is 4.27. The fourth-order valence-electron chi connectivity index (χ4n) is 2.04. The molecule has 2 aromatic heterocycles. The highest BCUT2D eigenvalue weighted by atomic mass is 16.5. The van der Waals surface area contributed by atoms with E-state index in [1.807, 2.05) is 19.1 Å². The topological polar surface area (TPSA) is 52.6 Å². The lowest BCUT2D eigenvalue weighted by atomic mass is 10.1. The summed E-state index contributed by atoms with van der Waals surface area (Å²) in [5.41, 5.74) is 1.35. The van der Waals surface area contributed by atoms with E-state index in [1.54, 1.807) is 18.2 Å². The average molecular weight is 256 g/mol. The Balaban J connectivity index is 2.41. The summed E-state index contributed by atoms with van der Waals surface area (Å²) in [6.45, 7) is 1.94. The van der Waals surface area contributed by atoms with Crippen LogP contribution in [-0.4, -0.2) is 7.11 Å². The predicted octanol–water partition coefficient (Wildman–Crippen LogP) is 3.37. The summed E-state index contributed by atoms with van der Waals surface area (Å²) in [7, 11) is 1.44. The first-order chi connectivity index (χ1) is 9.20. The van der Waals surface area contributed by atoms with Gasteiger partial charge in [-0.05, 0) is 36.8 Å². The first-order valence-electron chi connectivity index (χ1n) is 5.86. The highest BCUT2D eigenvalue weighted by molar-refractivity contribution is 5.81. The number of hydrogen-bond donors (Lipinski definition) is 0. The number of fused-ring (bicyclic) bond motifs is 1. The third-order valence-electron chi connectivity index (χ3n) is 2.96. The monoisotopic (exact) mass is 256 g/mol. The molecule has 3 aromatic rings. The number of aryl methyl sites for hydroxylation is 1. The van der Waals surface area contributed by atoms with E-state index >= 15 is 0 Å². The van der Waals surface area contributed by atoms with E-state index in [0.29, 0.717) is 22.5 Å². The van der Waals surface area contributed by atoms with Crippen molar-refractivity contribution in [1.29, 1.82) is 0 Å². The van der Waals surface area contributed by atoms with Gasteiger partial charge in [0.15, 0.2) is 5.76 Å². The van der Waals surface area contributed by atoms with Gasteiger partial charge in [0.2, 0.25) is 16.9 Å². The Morgan fingerprint density at radius 1 is 1.21 bits per heavy atom. The van der Waals surface area contributed by atoms with Gasteiger partial charge >= 0.3 is 0 Å². The van der Waals surface area contributed by atoms with Crippen LogP contribution in [0, 0.1) is 6.92 Å². The summed E-state index contributed by atoms with van der Waals surface area (Å²) in [4.78, 5) is 12.4. The molecular formula is C15H12O4. The van der Waals surface area contributed by atoms with Gasteiger partial charge in [-0.1, -0.05) is 6.07 Å². The summed E-state index contributed by atoms with van der Waals surface area (Å²) in [6.07, 6.45) is 1.52. The Kier molecular flexibility index (Phi) is 2.63. The molecule has 0 N–H and O–H groups in total. The Morgan fingerprint density at radius 3 is 2.74 bits per heavy atom. The second-order valence-corrected chi connectivity index (χ2v) is 4.27. The smallest absolute Gasteiger partial charge is 0.235 e. The molecule has 19 heavy (non-hydrogen) atoms. The molecule has 0 spiro atoms. The van der Waals surface area contributed by atoms with Gasteiger partial charge in [0.05, 0.1) is 18.8 Å². The molecule has 96 valence electrons. The Labute approximate surface area is 109 Å². The van der Waals surface area contributed by atoms with Crippen molar-refractivity contribution in [3.8, 4) is 17.3 Å². The average Bonchev–Trinajstić information content (AvgIpc) is 2.91. The second kappa shape index (κ2) is 4.31. The van der Waals surface area contributed by atoms with Crippen molar-refractivity contribution in [2.75, 3.05) is 7.11 Å². The molecule has 0 radical (unpaired) electrons. The van der Waals surface area contributed by atoms with Crippen LogP contribution in [0.1, 0.15) is 5.56 Å². The number of methoxy groups -OCH3 is 1. The maximum atomic E-state index is 12.4. The van der Waals surface area contributed by atoms with Gasteiger partial charge in [-0.25, -0.2) is 0 Å². The third-order valence-corrected chi connectivity index (χ3v) is 2.96. The molecule has 4 nitrogen and oxygen atoms in total. The standard InChI is InChI=1S/C15H12O4/c1-9-5-6-10-12(8-9)19-14(11-4-3-7-18-11)15(17-2)13(10)16/h3-8H,1-2H3. The zero-order valence-corrected chi connectivity index (χ0v) is 10.6. The van der Waals surface area contributed by atoms with E-state index in [2.05, 4.69) is 0 Å². The lowest BCUT2D eigenvalue weighted by molar-refractivity contribution is 0.394. The van der Waals surface area contributed by atoms with Crippen molar-refractivity contribution in [2.24, 2.45) is 0 Å². The van der Waals surface area contributed by atoms with Crippen LogP contribution >= 0.6 is 0 Å². The lowest BCUT2D eigenvalue weighted by Gasteiger charge is -2.07. The van der Waals surface area contributed by atoms with Crippen molar-refractivity contribution in [1.82, 2.24) is 0 Å². The molecule has 0 unspecified atom stereocenters. The largest absolute Gasteiger partial charge is 0.489 e. The van der Waals surface area contributed by atoms with E-state index in [0.717, 1.165) is 5.56 Å². The Hall–Kier alpha value is -2.49. The van der Waals surface area contributed by atoms with E-state index in [9.17, 15) is 4.79 Å². The van der Waals surface area contributed by atoms with Gasteiger partial charge in [-0.3, -0.25) is 4.79 Å². The van der Waals surface area contributed by atoms with Gasteiger partial charge in [-0.15, -0.1) is 0 Å². The molecule has 0 aliphatic heterocycles. The highest BCUT2D eigenvalue weighted by Gasteiger charge is 2.18. The predicted molar refractivity (Wildman–Crippen MR) is 71.5 cm³/mol. The maximum Gasteiger partial charge on any atom is 0.235 e. The lowest BCUT2D eigenvalue weighted by Crippen LogP contribution is -2.07. The van der Waals surface area contributed by atoms with Crippen LogP contribution in [-0.2, 0) is 0 Å². The van der Waals surface area contributed by atoms with Crippen molar-refractivity contribution >= 4 is 11.0 Å². The SMILES string of the molecule is COc1c(-c2ccco2)oc2cc(C)ccc2c1=O. The normalized spacial score (nSPS) is 10.8. The Bertz CT molecular complexity index is 782. The third kappa shape index (κ3) is 1.81. The van der Waals surface area contributed by atoms with Gasteiger partial charge in [0.1, 0.15) is 5.58 Å². The first kappa shape index (κ1) is 11.6. The summed E-state index contributed by atoms with van der Waals surface area (Å²) in [6, 6.07) is 8.89. The van der Waals surface area contributed by atoms with Crippen molar-refractivity contribution in [3.05, 3.63) is 52.4 Å². The number of hydrogen-bond acceptors (Lipinski definition) is 4. The Morgan fingerprint density at radius 2 is 2.05 bits per heavy atom. The number of benzene rings is 1. The van der Waals surface area contributed by atoms with E-state index in [1.165, 1.54) is 13.4 Å². The minimum atomic E-state index is -0.199. The van der Waals surface area contributed by atoms with E-state index in [4.69, 9.17) is 13.6 Å². The van der Waals surface area contributed by atoms with E-state index in [-0.39, 0.29) is 11.2 Å². The van der Waals surface area contributed by atoms with Crippen LogP contribution in [0.2, 0.25) is 0 Å². The number of rotatable bonds is 2. The van der Waals surface area contributed by atoms with Gasteiger partial charge in [0, 0.05) is 0 Å².